The van der Waals surface area contributed by atoms with Crippen LogP contribution >= 0.6 is 0 Å². The maximum absolute atomic E-state index is 11.9. The summed E-state index contributed by atoms with van der Waals surface area (Å²) in [6, 6.07) is -1.25. The molecule has 20 heavy (non-hydrogen) atoms. The Morgan fingerprint density at radius 2 is 1.95 bits per heavy atom. The van der Waals surface area contributed by atoms with Gasteiger partial charge in [0.1, 0.15) is 6.04 Å². The fraction of sp³-hybridized carbons (Fsp3) is 0.857. The van der Waals surface area contributed by atoms with Crippen molar-refractivity contribution in [3.05, 3.63) is 0 Å². The third-order valence-electron chi connectivity index (χ3n) is 3.82. The van der Waals surface area contributed by atoms with Crippen LogP contribution in [-0.2, 0) is 9.53 Å². The molecule has 6 heteroatoms. The molecule has 116 valence electrons. The van der Waals surface area contributed by atoms with E-state index < -0.39 is 12.0 Å². The fourth-order valence-electron chi connectivity index (χ4n) is 2.61. The van der Waals surface area contributed by atoms with E-state index in [1.54, 1.807) is 7.11 Å². The lowest BCUT2D eigenvalue weighted by molar-refractivity contribution is -0.139. The number of ether oxygens (including phenoxy) is 1. The summed E-state index contributed by atoms with van der Waals surface area (Å²) in [5, 5.41) is 14.6. The molecule has 2 amide bonds. The summed E-state index contributed by atoms with van der Waals surface area (Å²) in [6.07, 6.45) is 6.27. The summed E-state index contributed by atoms with van der Waals surface area (Å²) in [5.41, 5.74) is -0.210. The molecule has 0 aromatic rings. The van der Waals surface area contributed by atoms with Crippen molar-refractivity contribution < 1.29 is 19.4 Å². The van der Waals surface area contributed by atoms with Gasteiger partial charge in [0.15, 0.2) is 0 Å². The van der Waals surface area contributed by atoms with E-state index in [0.29, 0.717) is 19.4 Å². The highest BCUT2D eigenvalue weighted by molar-refractivity contribution is 5.82. The molecule has 1 unspecified atom stereocenters. The molecule has 1 fully saturated rings. The predicted molar refractivity (Wildman–Crippen MR) is 75.7 cm³/mol. The first-order valence-electron chi connectivity index (χ1n) is 7.27. The van der Waals surface area contributed by atoms with Gasteiger partial charge < -0.3 is 20.5 Å². The second kappa shape index (κ2) is 8.09. The van der Waals surface area contributed by atoms with Gasteiger partial charge >= 0.3 is 12.0 Å². The molecule has 1 rings (SSSR count). The van der Waals surface area contributed by atoms with E-state index in [2.05, 4.69) is 10.6 Å². The van der Waals surface area contributed by atoms with Crippen LogP contribution in [0.5, 0.6) is 0 Å². The maximum atomic E-state index is 11.9. The van der Waals surface area contributed by atoms with E-state index in [-0.39, 0.29) is 11.6 Å². The minimum Gasteiger partial charge on any atom is -0.480 e. The summed E-state index contributed by atoms with van der Waals surface area (Å²) in [6.45, 7) is 2.51. The van der Waals surface area contributed by atoms with Crippen LogP contribution < -0.4 is 10.6 Å². The molecule has 3 N–H and O–H groups in total. The van der Waals surface area contributed by atoms with Gasteiger partial charge in [0.25, 0.3) is 0 Å². The molecule has 6 nitrogen and oxygen atoms in total. The number of carbonyl (C=O) groups is 2. The van der Waals surface area contributed by atoms with Crippen LogP contribution in [0.3, 0.4) is 0 Å². The van der Waals surface area contributed by atoms with Crippen LogP contribution in [0.4, 0.5) is 4.79 Å². The SMILES string of the molecule is COCCCC(NC(=O)NC1(C)CCCCC1)C(=O)O. The minimum absolute atomic E-state index is 0.210. The standard InChI is InChI=1S/C14H26N2O4/c1-14(8-4-3-5-9-14)16-13(19)15-11(12(17)18)7-6-10-20-2/h11H,3-10H2,1-2H3,(H,17,18)(H2,15,16,19). The topological polar surface area (TPSA) is 87.7 Å². The van der Waals surface area contributed by atoms with Gasteiger partial charge in [-0.25, -0.2) is 9.59 Å². The van der Waals surface area contributed by atoms with Gasteiger partial charge in [0, 0.05) is 19.3 Å². The predicted octanol–water partition coefficient (Wildman–Crippen LogP) is 1.89. The lowest BCUT2D eigenvalue weighted by atomic mass is 9.83. The number of methoxy groups -OCH3 is 1. The quantitative estimate of drug-likeness (QED) is 0.624. The zero-order chi connectivity index (χ0) is 15.0. The molecule has 0 aromatic carbocycles. The fourth-order valence-corrected chi connectivity index (χ4v) is 2.61. The van der Waals surface area contributed by atoms with Crippen molar-refractivity contribution in [3.8, 4) is 0 Å². The Morgan fingerprint density at radius 3 is 2.50 bits per heavy atom. The van der Waals surface area contributed by atoms with E-state index >= 15 is 0 Å². The maximum Gasteiger partial charge on any atom is 0.326 e. The van der Waals surface area contributed by atoms with Crippen LogP contribution in [-0.4, -0.2) is 42.4 Å². The van der Waals surface area contributed by atoms with Gasteiger partial charge in [0.2, 0.25) is 0 Å². The van der Waals surface area contributed by atoms with E-state index in [0.717, 1.165) is 25.7 Å². The summed E-state index contributed by atoms with van der Waals surface area (Å²) >= 11 is 0. The monoisotopic (exact) mass is 286 g/mol. The Kier molecular flexibility index (Phi) is 6.78. The average Bonchev–Trinajstić information content (AvgIpc) is 2.37. The summed E-state index contributed by atoms with van der Waals surface area (Å²) < 4.78 is 4.89. The van der Waals surface area contributed by atoms with Crippen LogP contribution in [0.2, 0.25) is 0 Å². The highest BCUT2D eigenvalue weighted by atomic mass is 16.5. The Bertz CT molecular complexity index is 327. The Morgan fingerprint density at radius 1 is 1.30 bits per heavy atom. The molecular formula is C14H26N2O4. The summed E-state index contributed by atoms with van der Waals surface area (Å²) in [5.74, 6) is -1.01. The number of carboxylic acids is 1. The van der Waals surface area contributed by atoms with Gasteiger partial charge in [-0.15, -0.1) is 0 Å². The van der Waals surface area contributed by atoms with Crippen molar-refractivity contribution in [1.29, 1.82) is 0 Å². The van der Waals surface area contributed by atoms with Crippen molar-refractivity contribution in [3.63, 3.8) is 0 Å². The molecule has 0 aromatic heterocycles. The molecule has 1 aliphatic rings. The third-order valence-corrected chi connectivity index (χ3v) is 3.82. The number of hydrogen-bond acceptors (Lipinski definition) is 3. The molecule has 0 heterocycles. The number of rotatable bonds is 7. The van der Waals surface area contributed by atoms with Gasteiger partial charge in [0.05, 0.1) is 0 Å². The Balaban J connectivity index is 2.42. The highest BCUT2D eigenvalue weighted by Crippen LogP contribution is 2.27. The van der Waals surface area contributed by atoms with Crippen molar-refractivity contribution in [2.45, 2.75) is 63.5 Å². The lowest BCUT2D eigenvalue weighted by Crippen LogP contribution is -2.54. The molecule has 1 aliphatic carbocycles. The van der Waals surface area contributed by atoms with Crippen LogP contribution in [0.25, 0.3) is 0 Å². The largest absolute Gasteiger partial charge is 0.480 e. The molecule has 0 bridgehead atoms. The van der Waals surface area contributed by atoms with Gasteiger partial charge in [-0.2, -0.15) is 0 Å². The zero-order valence-corrected chi connectivity index (χ0v) is 12.4. The Hall–Kier alpha value is -1.30. The van der Waals surface area contributed by atoms with Gasteiger partial charge in [-0.3, -0.25) is 0 Å². The van der Waals surface area contributed by atoms with Gasteiger partial charge in [-0.05, 0) is 32.6 Å². The van der Waals surface area contributed by atoms with Crippen molar-refractivity contribution in [1.82, 2.24) is 10.6 Å². The first kappa shape index (κ1) is 16.8. The summed E-state index contributed by atoms with van der Waals surface area (Å²) in [7, 11) is 1.57. The highest BCUT2D eigenvalue weighted by Gasteiger charge is 2.29. The molecule has 1 saturated carbocycles. The molecule has 1 atom stereocenters. The number of amides is 2. The lowest BCUT2D eigenvalue weighted by Gasteiger charge is -2.34. The van der Waals surface area contributed by atoms with E-state index in [1.807, 2.05) is 6.92 Å². The normalized spacial score (nSPS) is 19.1. The molecule has 0 aliphatic heterocycles. The van der Waals surface area contributed by atoms with E-state index in [4.69, 9.17) is 9.84 Å². The number of aliphatic carboxylic acids is 1. The Labute approximate surface area is 120 Å². The average molecular weight is 286 g/mol. The summed E-state index contributed by atoms with van der Waals surface area (Å²) in [4.78, 5) is 23.1. The van der Waals surface area contributed by atoms with E-state index in [1.165, 1.54) is 6.42 Å². The number of nitrogens with one attached hydrogen (secondary N) is 2. The molecule has 0 spiro atoms. The van der Waals surface area contributed by atoms with Crippen LogP contribution in [0, 0.1) is 0 Å². The molecule has 0 saturated heterocycles. The first-order valence-corrected chi connectivity index (χ1v) is 7.27. The molecule has 0 radical (unpaired) electrons. The number of carbonyl (C=O) groups excluding carboxylic acids is 1. The van der Waals surface area contributed by atoms with Crippen molar-refractivity contribution in [2.75, 3.05) is 13.7 Å². The number of carboxylic acid groups (broad SMARTS) is 1. The van der Waals surface area contributed by atoms with E-state index in [9.17, 15) is 9.59 Å². The number of hydrogen-bond donors (Lipinski definition) is 3. The first-order chi connectivity index (χ1) is 9.47. The van der Waals surface area contributed by atoms with Crippen molar-refractivity contribution in [2.24, 2.45) is 0 Å². The zero-order valence-electron chi connectivity index (χ0n) is 12.4. The second-order valence-corrected chi connectivity index (χ2v) is 5.75. The number of urea groups is 1. The smallest absolute Gasteiger partial charge is 0.326 e. The second-order valence-electron chi connectivity index (χ2n) is 5.75. The van der Waals surface area contributed by atoms with Gasteiger partial charge in [-0.1, -0.05) is 19.3 Å². The van der Waals surface area contributed by atoms with Crippen LogP contribution in [0.1, 0.15) is 51.9 Å². The minimum atomic E-state index is -1.01. The third kappa shape index (κ3) is 5.77. The molecular weight excluding hydrogens is 260 g/mol. The van der Waals surface area contributed by atoms with Crippen molar-refractivity contribution >= 4 is 12.0 Å². The van der Waals surface area contributed by atoms with Crippen LogP contribution in [0.15, 0.2) is 0 Å².